The highest BCUT2D eigenvalue weighted by Gasteiger charge is 2.21. The summed E-state index contributed by atoms with van der Waals surface area (Å²) in [5.74, 6) is 0.111. The van der Waals surface area contributed by atoms with E-state index in [4.69, 9.17) is 0 Å². The third kappa shape index (κ3) is 2.58. The van der Waals surface area contributed by atoms with Gasteiger partial charge in [0.1, 0.15) is 0 Å². The molecule has 98 valence electrons. The molecule has 0 spiro atoms. The predicted molar refractivity (Wildman–Crippen MR) is 74.6 cm³/mol. The maximum absolute atomic E-state index is 11.7. The number of carbonyl (C=O) groups excluding carboxylic acids is 1. The summed E-state index contributed by atoms with van der Waals surface area (Å²) in [5.41, 5.74) is 1.14. The van der Waals surface area contributed by atoms with Crippen molar-refractivity contribution in [3.63, 3.8) is 0 Å². The molecule has 3 rings (SSSR count). The van der Waals surface area contributed by atoms with Gasteiger partial charge in [0.05, 0.1) is 6.04 Å². The number of rotatable bonds is 3. The van der Waals surface area contributed by atoms with Gasteiger partial charge in [-0.1, -0.05) is 24.3 Å². The van der Waals surface area contributed by atoms with E-state index in [-0.39, 0.29) is 11.9 Å². The summed E-state index contributed by atoms with van der Waals surface area (Å²) >= 11 is 0. The fraction of sp³-hybridized carbons (Fsp3) is 0.333. The number of piperidine rings is 1. The molecular formula is C15H17N3O. The number of pyridine rings is 1. The van der Waals surface area contributed by atoms with Crippen LogP contribution in [0, 0.1) is 0 Å². The lowest BCUT2D eigenvalue weighted by molar-refractivity contribution is -0.124. The van der Waals surface area contributed by atoms with E-state index in [0.29, 0.717) is 6.54 Å². The number of benzene rings is 1. The minimum absolute atomic E-state index is 0.0762. The Morgan fingerprint density at radius 1 is 1.32 bits per heavy atom. The van der Waals surface area contributed by atoms with Crippen LogP contribution in [-0.2, 0) is 11.3 Å². The van der Waals surface area contributed by atoms with Crippen molar-refractivity contribution in [1.82, 2.24) is 15.6 Å². The van der Waals surface area contributed by atoms with Gasteiger partial charge in [-0.25, -0.2) is 0 Å². The molecule has 1 fully saturated rings. The summed E-state index contributed by atoms with van der Waals surface area (Å²) in [6, 6.07) is 8.11. The number of aromatic nitrogens is 1. The van der Waals surface area contributed by atoms with Crippen molar-refractivity contribution in [3.05, 3.63) is 42.2 Å². The van der Waals surface area contributed by atoms with Gasteiger partial charge < -0.3 is 10.6 Å². The fourth-order valence-electron chi connectivity index (χ4n) is 2.52. The van der Waals surface area contributed by atoms with Crippen LogP contribution in [0.15, 0.2) is 36.7 Å². The van der Waals surface area contributed by atoms with Crippen LogP contribution in [0.1, 0.15) is 18.4 Å². The number of carbonyl (C=O) groups is 1. The highest BCUT2D eigenvalue weighted by Crippen LogP contribution is 2.17. The van der Waals surface area contributed by atoms with E-state index in [1.54, 1.807) is 0 Å². The summed E-state index contributed by atoms with van der Waals surface area (Å²) in [4.78, 5) is 15.9. The summed E-state index contributed by atoms with van der Waals surface area (Å²) < 4.78 is 0. The number of hydrogen-bond donors (Lipinski definition) is 2. The number of fused-ring (bicyclic) bond motifs is 1. The van der Waals surface area contributed by atoms with E-state index in [0.717, 1.165) is 30.3 Å². The topological polar surface area (TPSA) is 54.0 Å². The lowest BCUT2D eigenvalue weighted by Crippen LogP contribution is -2.47. The zero-order valence-electron chi connectivity index (χ0n) is 10.7. The van der Waals surface area contributed by atoms with Crippen LogP contribution in [0.5, 0.6) is 0 Å². The zero-order chi connectivity index (χ0) is 13.1. The Bertz CT molecular complexity index is 591. The number of nitrogens with one attached hydrogen (secondary N) is 2. The minimum atomic E-state index is -0.0762. The summed E-state index contributed by atoms with van der Waals surface area (Å²) in [5, 5.41) is 8.55. The van der Waals surface area contributed by atoms with Gasteiger partial charge in [0.15, 0.2) is 0 Å². The first-order valence-corrected chi connectivity index (χ1v) is 6.67. The average molecular weight is 255 g/mol. The van der Waals surface area contributed by atoms with Crippen molar-refractivity contribution < 1.29 is 4.79 Å². The molecule has 2 heterocycles. The molecule has 1 aromatic heterocycles. The second-order valence-electron chi connectivity index (χ2n) is 4.89. The first kappa shape index (κ1) is 12.1. The van der Waals surface area contributed by atoms with Crippen LogP contribution >= 0.6 is 0 Å². The SMILES string of the molecule is O=C1NCCCC1NCc1cncc2ccccc12. The normalized spacial score (nSPS) is 19.4. The largest absolute Gasteiger partial charge is 0.355 e. The maximum atomic E-state index is 11.7. The van der Waals surface area contributed by atoms with Gasteiger partial charge in [-0.3, -0.25) is 9.78 Å². The van der Waals surface area contributed by atoms with Crippen LogP contribution < -0.4 is 10.6 Å². The Hall–Kier alpha value is -1.94. The van der Waals surface area contributed by atoms with E-state index >= 15 is 0 Å². The molecule has 1 aliphatic heterocycles. The molecule has 2 N–H and O–H groups in total. The smallest absolute Gasteiger partial charge is 0.237 e. The molecule has 0 radical (unpaired) electrons. The van der Waals surface area contributed by atoms with Crippen LogP contribution in [-0.4, -0.2) is 23.5 Å². The lowest BCUT2D eigenvalue weighted by atomic mass is 10.0. The van der Waals surface area contributed by atoms with Crippen LogP contribution in [0.4, 0.5) is 0 Å². The standard InChI is InChI=1S/C15H17N3O/c19-15-14(6-3-7-17-15)18-10-12-9-16-8-11-4-1-2-5-13(11)12/h1-2,4-5,8-9,14,18H,3,6-7,10H2,(H,17,19). The first-order chi connectivity index (χ1) is 9.34. The Morgan fingerprint density at radius 2 is 2.21 bits per heavy atom. The van der Waals surface area contributed by atoms with Gasteiger partial charge in [-0.15, -0.1) is 0 Å². The Kier molecular flexibility index (Phi) is 3.42. The molecule has 4 nitrogen and oxygen atoms in total. The van der Waals surface area contributed by atoms with Crippen LogP contribution in [0.2, 0.25) is 0 Å². The molecule has 2 aromatic rings. The third-order valence-corrected chi connectivity index (χ3v) is 3.57. The fourth-order valence-corrected chi connectivity index (χ4v) is 2.52. The molecule has 1 atom stereocenters. The predicted octanol–water partition coefficient (Wildman–Crippen LogP) is 1.60. The van der Waals surface area contributed by atoms with Crippen molar-refractivity contribution in [3.8, 4) is 0 Å². The number of amides is 1. The summed E-state index contributed by atoms with van der Waals surface area (Å²) in [6.45, 7) is 1.47. The quantitative estimate of drug-likeness (QED) is 0.876. The monoisotopic (exact) mass is 255 g/mol. The van der Waals surface area contributed by atoms with Gasteiger partial charge >= 0.3 is 0 Å². The van der Waals surface area contributed by atoms with Crippen molar-refractivity contribution in [2.75, 3.05) is 6.54 Å². The minimum Gasteiger partial charge on any atom is -0.355 e. The second-order valence-corrected chi connectivity index (χ2v) is 4.89. The molecule has 0 saturated carbocycles. The van der Waals surface area contributed by atoms with E-state index in [2.05, 4.69) is 27.8 Å². The van der Waals surface area contributed by atoms with Crippen molar-refractivity contribution >= 4 is 16.7 Å². The molecule has 1 aromatic carbocycles. The number of nitrogens with zero attached hydrogens (tertiary/aromatic N) is 1. The van der Waals surface area contributed by atoms with Gasteiger partial charge in [-0.05, 0) is 23.8 Å². The molecule has 1 aliphatic rings. The van der Waals surface area contributed by atoms with E-state index < -0.39 is 0 Å². The molecule has 1 saturated heterocycles. The Morgan fingerprint density at radius 3 is 3.11 bits per heavy atom. The summed E-state index contributed by atoms with van der Waals surface area (Å²) in [6.07, 6.45) is 5.68. The second kappa shape index (κ2) is 5.36. The average Bonchev–Trinajstić information content (AvgIpc) is 2.46. The molecular weight excluding hydrogens is 238 g/mol. The molecule has 19 heavy (non-hydrogen) atoms. The van der Waals surface area contributed by atoms with Gasteiger partial charge in [0, 0.05) is 30.9 Å². The zero-order valence-corrected chi connectivity index (χ0v) is 10.7. The van der Waals surface area contributed by atoms with Gasteiger partial charge in [0.2, 0.25) is 5.91 Å². The molecule has 0 bridgehead atoms. The van der Waals surface area contributed by atoms with E-state index in [1.165, 1.54) is 5.39 Å². The van der Waals surface area contributed by atoms with Crippen LogP contribution in [0.3, 0.4) is 0 Å². The van der Waals surface area contributed by atoms with Crippen molar-refractivity contribution in [2.45, 2.75) is 25.4 Å². The van der Waals surface area contributed by atoms with Gasteiger partial charge in [0.25, 0.3) is 0 Å². The summed E-state index contributed by atoms with van der Waals surface area (Å²) in [7, 11) is 0. The lowest BCUT2D eigenvalue weighted by Gasteiger charge is -2.23. The molecule has 1 unspecified atom stereocenters. The van der Waals surface area contributed by atoms with Gasteiger partial charge in [-0.2, -0.15) is 0 Å². The number of hydrogen-bond acceptors (Lipinski definition) is 3. The molecule has 0 aliphatic carbocycles. The van der Waals surface area contributed by atoms with Crippen molar-refractivity contribution in [2.24, 2.45) is 0 Å². The van der Waals surface area contributed by atoms with E-state index in [1.807, 2.05) is 24.5 Å². The Balaban J connectivity index is 1.76. The highest BCUT2D eigenvalue weighted by molar-refractivity contribution is 5.85. The van der Waals surface area contributed by atoms with E-state index in [9.17, 15) is 4.79 Å². The molecule has 1 amide bonds. The molecule has 4 heteroatoms. The van der Waals surface area contributed by atoms with Crippen LogP contribution in [0.25, 0.3) is 10.8 Å². The first-order valence-electron chi connectivity index (χ1n) is 6.67. The Labute approximate surface area is 112 Å². The highest BCUT2D eigenvalue weighted by atomic mass is 16.2. The third-order valence-electron chi connectivity index (χ3n) is 3.57. The maximum Gasteiger partial charge on any atom is 0.237 e. The van der Waals surface area contributed by atoms with Crippen molar-refractivity contribution in [1.29, 1.82) is 0 Å².